The summed E-state index contributed by atoms with van der Waals surface area (Å²) in [6, 6.07) is 9.72. The van der Waals surface area contributed by atoms with Crippen LogP contribution in [0.1, 0.15) is 26.0 Å². The quantitative estimate of drug-likeness (QED) is 0.299. The molecule has 0 spiro atoms. The second kappa shape index (κ2) is 8.98. The summed E-state index contributed by atoms with van der Waals surface area (Å²) in [5.74, 6) is 0.242. The molecule has 184 valence electrons. The van der Waals surface area contributed by atoms with Crippen molar-refractivity contribution in [2.75, 3.05) is 5.32 Å². The number of imidazole rings is 1. The summed E-state index contributed by atoms with van der Waals surface area (Å²) < 4.78 is 1.98. The van der Waals surface area contributed by atoms with Crippen molar-refractivity contribution in [2.45, 2.75) is 27.2 Å². The molecule has 37 heavy (non-hydrogen) atoms. The Bertz CT molecular complexity index is 1760. The molecule has 10 nitrogen and oxygen atoms in total. The van der Waals surface area contributed by atoms with E-state index < -0.39 is 0 Å². The minimum atomic E-state index is -0.0351. The maximum atomic E-state index is 12.2. The molecule has 0 atom stereocenters. The van der Waals surface area contributed by atoms with Crippen molar-refractivity contribution in [3.8, 4) is 28.3 Å². The molecule has 0 bridgehead atoms. The lowest BCUT2D eigenvalue weighted by Gasteiger charge is -2.08. The summed E-state index contributed by atoms with van der Waals surface area (Å²) in [6.07, 6.45) is 9.37. The first kappa shape index (κ1) is 22.6. The highest BCUT2D eigenvalue weighted by Gasteiger charge is 2.16. The van der Waals surface area contributed by atoms with Gasteiger partial charge in [-0.25, -0.2) is 15.0 Å². The van der Waals surface area contributed by atoms with E-state index in [1.165, 1.54) is 0 Å². The number of pyridine rings is 3. The van der Waals surface area contributed by atoms with Gasteiger partial charge in [0.1, 0.15) is 16.9 Å². The SMILES string of the molecule is Cc1cn(-c2ccnc3[nH]c(-c4n[nH]c5ccc(-c6cncc(NC(=O)CC(C)C)c6)nc45)cc23)cn1. The number of carbonyl (C=O) groups excluding carboxylic acids is 1. The molecule has 0 saturated carbocycles. The minimum absolute atomic E-state index is 0.0351. The third kappa shape index (κ3) is 4.33. The number of H-pyrrole nitrogens is 2. The lowest BCUT2D eigenvalue weighted by molar-refractivity contribution is -0.116. The highest BCUT2D eigenvalue weighted by molar-refractivity contribution is 5.96. The Morgan fingerprint density at radius 2 is 2.03 bits per heavy atom. The van der Waals surface area contributed by atoms with Crippen molar-refractivity contribution in [2.24, 2.45) is 5.92 Å². The van der Waals surface area contributed by atoms with Gasteiger partial charge in [0.2, 0.25) is 5.91 Å². The van der Waals surface area contributed by atoms with Gasteiger partial charge in [-0.15, -0.1) is 0 Å². The van der Waals surface area contributed by atoms with Crippen LogP contribution in [0.5, 0.6) is 0 Å². The molecule has 0 unspecified atom stereocenters. The number of aromatic amines is 2. The molecule has 3 N–H and O–H groups in total. The number of carbonyl (C=O) groups is 1. The van der Waals surface area contributed by atoms with Crippen LogP contribution < -0.4 is 5.32 Å². The van der Waals surface area contributed by atoms with Crippen LogP contribution in [0.2, 0.25) is 0 Å². The van der Waals surface area contributed by atoms with E-state index in [-0.39, 0.29) is 11.8 Å². The molecule has 0 aliphatic heterocycles. The first-order valence-corrected chi connectivity index (χ1v) is 12.0. The normalized spacial score (nSPS) is 11.6. The molecule has 0 radical (unpaired) electrons. The summed E-state index contributed by atoms with van der Waals surface area (Å²) in [5.41, 5.74) is 7.86. The Morgan fingerprint density at radius 1 is 1.14 bits per heavy atom. The van der Waals surface area contributed by atoms with Gasteiger partial charge >= 0.3 is 0 Å². The second-order valence-corrected chi connectivity index (χ2v) is 9.47. The maximum Gasteiger partial charge on any atom is 0.224 e. The monoisotopic (exact) mass is 491 g/mol. The molecule has 0 aromatic carbocycles. The second-order valence-electron chi connectivity index (χ2n) is 9.47. The molecular formula is C27H25N9O. The van der Waals surface area contributed by atoms with E-state index >= 15 is 0 Å². The molecule has 0 aliphatic rings. The zero-order valence-corrected chi connectivity index (χ0v) is 20.6. The van der Waals surface area contributed by atoms with Gasteiger partial charge in [-0.3, -0.25) is 14.9 Å². The number of aryl methyl sites for hydroxylation is 1. The van der Waals surface area contributed by atoms with Gasteiger partial charge in [-0.2, -0.15) is 5.10 Å². The van der Waals surface area contributed by atoms with Gasteiger partial charge < -0.3 is 14.9 Å². The average Bonchev–Trinajstić information content (AvgIpc) is 3.60. The van der Waals surface area contributed by atoms with E-state index in [1.807, 2.05) is 61.9 Å². The lowest BCUT2D eigenvalue weighted by atomic mass is 10.1. The van der Waals surface area contributed by atoms with Crippen LogP contribution in [0.3, 0.4) is 0 Å². The first-order valence-electron chi connectivity index (χ1n) is 12.0. The van der Waals surface area contributed by atoms with Gasteiger partial charge in [0.15, 0.2) is 0 Å². The highest BCUT2D eigenvalue weighted by atomic mass is 16.1. The first-order chi connectivity index (χ1) is 17.9. The smallest absolute Gasteiger partial charge is 0.224 e. The van der Waals surface area contributed by atoms with Crippen LogP contribution in [0.4, 0.5) is 5.69 Å². The third-order valence-corrected chi connectivity index (χ3v) is 6.07. The van der Waals surface area contributed by atoms with Crippen LogP contribution >= 0.6 is 0 Å². The van der Waals surface area contributed by atoms with E-state index in [1.54, 1.807) is 24.9 Å². The summed E-state index contributed by atoms with van der Waals surface area (Å²) >= 11 is 0. The standard InChI is InChI=1S/C27H25N9O/c1-15(2)8-24(37)31-18-9-17(11-28-12-18)20-4-5-21-25(32-20)26(35-34-21)22-10-19-23(6-7-29-27(19)33-22)36-13-16(3)30-14-36/h4-7,9-15H,8H2,1-3H3,(H,29,33)(H,31,37)(H,34,35). The molecule has 1 amide bonds. The third-order valence-electron chi connectivity index (χ3n) is 6.07. The number of anilines is 1. The fourth-order valence-electron chi connectivity index (χ4n) is 4.40. The van der Waals surface area contributed by atoms with Gasteiger partial charge in [0.05, 0.1) is 46.5 Å². The van der Waals surface area contributed by atoms with Gasteiger partial charge in [0.25, 0.3) is 0 Å². The number of hydrogen-bond donors (Lipinski definition) is 3. The zero-order valence-electron chi connectivity index (χ0n) is 20.6. The van der Waals surface area contributed by atoms with Crippen molar-refractivity contribution in [1.29, 1.82) is 0 Å². The minimum Gasteiger partial charge on any atom is -0.338 e. The summed E-state index contributed by atoms with van der Waals surface area (Å²) in [4.78, 5) is 33.7. The van der Waals surface area contributed by atoms with Crippen LogP contribution in [-0.4, -0.2) is 45.6 Å². The highest BCUT2D eigenvalue weighted by Crippen LogP contribution is 2.31. The lowest BCUT2D eigenvalue weighted by Crippen LogP contribution is -2.13. The molecule has 0 aliphatic carbocycles. The van der Waals surface area contributed by atoms with Crippen molar-refractivity contribution in [1.82, 2.24) is 39.7 Å². The summed E-state index contributed by atoms with van der Waals surface area (Å²) in [5, 5.41) is 11.5. The Morgan fingerprint density at radius 3 is 2.84 bits per heavy atom. The molecule has 6 aromatic rings. The number of nitrogens with zero attached hydrogens (tertiary/aromatic N) is 6. The van der Waals surface area contributed by atoms with E-state index in [0.29, 0.717) is 17.8 Å². The Balaban J connectivity index is 1.38. The predicted octanol–water partition coefficient (Wildman–Crippen LogP) is 5.04. The van der Waals surface area contributed by atoms with E-state index in [9.17, 15) is 4.79 Å². The predicted molar refractivity (Wildman–Crippen MR) is 142 cm³/mol. The number of fused-ring (bicyclic) bond motifs is 2. The summed E-state index contributed by atoms with van der Waals surface area (Å²) in [6.45, 7) is 5.98. The van der Waals surface area contributed by atoms with Crippen LogP contribution in [0.15, 0.2) is 61.4 Å². The summed E-state index contributed by atoms with van der Waals surface area (Å²) in [7, 11) is 0. The number of amides is 1. The van der Waals surface area contributed by atoms with E-state index in [4.69, 9.17) is 4.98 Å². The van der Waals surface area contributed by atoms with Crippen LogP contribution in [0, 0.1) is 12.8 Å². The largest absolute Gasteiger partial charge is 0.338 e. The van der Waals surface area contributed by atoms with Crippen molar-refractivity contribution in [3.63, 3.8) is 0 Å². The molecule has 6 aromatic heterocycles. The molecule has 0 saturated heterocycles. The fourth-order valence-corrected chi connectivity index (χ4v) is 4.40. The van der Waals surface area contributed by atoms with Crippen molar-refractivity contribution < 1.29 is 4.79 Å². The van der Waals surface area contributed by atoms with E-state index in [0.717, 1.165) is 50.4 Å². The molecular weight excluding hydrogens is 466 g/mol. The van der Waals surface area contributed by atoms with Gasteiger partial charge in [-0.1, -0.05) is 13.8 Å². The fraction of sp³-hybridized carbons (Fsp3) is 0.185. The maximum absolute atomic E-state index is 12.2. The average molecular weight is 492 g/mol. The molecule has 10 heteroatoms. The molecule has 6 rings (SSSR count). The molecule has 6 heterocycles. The van der Waals surface area contributed by atoms with Crippen LogP contribution in [0.25, 0.3) is 50.4 Å². The Kier molecular flexibility index (Phi) is 5.48. The zero-order chi connectivity index (χ0) is 25.5. The Hall–Kier alpha value is -4.86. The van der Waals surface area contributed by atoms with Crippen molar-refractivity contribution in [3.05, 3.63) is 67.1 Å². The number of rotatable bonds is 6. The van der Waals surface area contributed by atoms with Crippen molar-refractivity contribution >= 4 is 33.7 Å². The van der Waals surface area contributed by atoms with Gasteiger partial charge in [0, 0.05) is 36.0 Å². The number of hydrogen-bond acceptors (Lipinski definition) is 6. The topological polar surface area (TPSA) is 130 Å². The number of aromatic nitrogens is 8. The van der Waals surface area contributed by atoms with E-state index in [2.05, 4.69) is 35.5 Å². The number of nitrogens with one attached hydrogen (secondary N) is 3. The van der Waals surface area contributed by atoms with Gasteiger partial charge in [-0.05, 0) is 43.2 Å². The Labute approximate surface area is 212 Å². The van der Waals surface area contributed by atoms with Crippen LogP contribution in [-0.2, 0) is 4.79 Å². The molecule has 0 fully saturated rings.